The van der Waals surface area contributed by atoms with Gasteiger partial charge in [0.2, 0.25) is 0 Å². The summed E-state index contributed by atoms with van der Waals surface area (Å²) in [5, 5.41) is 11.0. The van der Waals surface area contributed by atoms with E-state index in [1.54, 1.807) is 53.4 Å². The van der Waals surface area contributed by atoms with Gasteiger partial charge in [-0.3, -0.25) is 14.3 Å². The number of pyridine rings is 1. The summed E-state index contributed by atoms with van der Waals surface area (Å²) in [6, 6.07) is 14.6. The van der Waals surface area contributed by atoms with Gasteiger partial charge in [-0.05, 0) is 49.8 Å². The fraction of sp³-hybridized carbons (Fsp3) is 0.125. The third-order valence-electron chi connectivity index (χ3n) is 4.80. The molecule has 6 nitrogen and oxygen atoms in total. The standard InChI is InChI=1S/C24H21N3O3/c1-3-30-21-10-6-8-17(23(21)28)11-12-22-26-19-15-25-14-13-18(19)24(29)27(22)20-9-5-4-7-16(20)2/h4-15,28H,3H2,1-2H3. The number of aromatic hydroxyl groups is 1. The number of phenols is 1. The first-order valence-corrected chi connectivity index (χ1v) is 9.65. The molecule has 0 bridgehead atoms. The van der Waals surface area contributed by atoms with Crippen LogP contribution in [0.4, 0.5) is 0 Å². The third kappa shape index (κ3) is 3.55. The molecular formula is C24H21N3O3. The van der Waals surface area contributed by atoms with Crippen molar-refractivity contribution < 1.29 is 9.84 Å². The first-order valence-electron chi connectivity index (χ1n) is 9.65. The van der Waals surface area contributed by atoms with E-state index in [1.807, 2.05) is 38.1 Å². The maximum atomic E-state index is 13.3. The molecule has 0 aliphatic carbocycles. The molecule has 0 spiro atoms. The van der Waals surface area contributed by atoms with Crippen molar-refractivity contribution in [3.63, 3.8) is 0 Å². The second-order valence-corrected chi connectivity index (χ2v) is 6.75. The van der Waals surface area contributed by atoms with Gasteiger partial charge in [0, 0.05) is 11.8 Å². The average Bonchev–Trinajstić information content (AvgIpc) is 2.75. The molecule has 0 atom stereocenters. The molecule has 4 aromatic rings. The summed E-state index contributed by atoms with van der Waals surface area (Å²) in [7, 11) is 0. The van der Waals surface area contributed by atoms with Gasteiger partial charge >= 0.3 is 0 Å². The van der Waals surface area contributed by atoms with Gasteiger partial charge in [0.15, 0.2) is 11.5 Å². The molecule has 0 aliphatic rings. The van der Waals surface area contributed by atoms with E-state index in [0.29, 0.717) is 34.6 Å². The summed E-state index contributed by atoms with van der Waals surface area (Å²) in [6.45, 7) is 4.26. The highest BCUT2D eigenvalue weighted by atomic mass is 16.5. The fourth-order valence-electron chi connectivity index (χ4n) is 3.32. The molecule has 1 N–H and O–H groups in total. The van der Waals surface area contributed by atoms with Crippen LogP contribution < -0.4 is 10.3 Å². The van der Waals surface area contributed by atoms with Crippen LogP contribution in [0.15, 0.2) is 65.7 Å². The van der Waals surface area contributed by atoms with Crippen molar-refractivity contribution in [2.45, 2.75) is 13.8 Å². The topological polar surface area (TPSA) is 77.2 Å². The van der Waals surface area contributed by atoms with Gasteiger partial charge in [-0.15, -0.1) is 0 Å². The lowest BCUT2D eigenvalue weighted by Gasteiger charge is -2.13. The molecule has 2 aromatic heterocycles. The fourth-order valence-corrected chi connectivity index (χ4v) is 3.32. The van der Waals surface area contributed by atoms with Crippen molar-refractivity contribution in [2.24, 2.45) is 0 Å². The van der Waals surface area contributed by atoms with Gasteiger partial charge in [-0.25, -0.2) is 4.98 Å². The number of nitrogens with zero attached hydrogens (tertiary/aromatic N) is 3. The molecule has 6 heteroatoms. The number of aromatic nitrogens is 3. The van der Waals surface area contributed by atoms with Crippen LogP contribution >= 0.6 is 0 Å². The minimum atomic E-state index is -0.177. The van der Waals surface area contributed by atoms with E-state index in [4.69, 9.17) is 4.74 Å². The molecule has 2 aromatic carbocycles. The van der Waals surface area contributed by atoms with Crippen molar-refractivity contribution >= 4 is 23.1 Å². The third-order valence-corrected chi connectivity index (χ3v) is 4.80. The summed E-state index contributed by atoms with van der Waals surface area (Å²) in [6.07, 6.45) is 6.59. The highest BCUT2D eigenvalue weighted by Crippen LogP contribution is 2.31. The number of ether oxygens (including phenoxy) is 1. The van der Waals surface area contributed by atoms with Gasteiger partial charge in [0.1, 0.15) is 5.82 Å². The highest BCUT2D eigenvalue weighted by Gasteiger charge is 2.13. The van der Waals surface area contributed by atoms with E-state index in [1.165, 1.54) is 0 Å². The van der Waals surface area contributed by atoms with Crippen molar-refractivity contribution in [3.05, 3.63) is 88.2 Å². The maximum Gasteiger partial charge on any atom is 0.266 e. The highest BCUT2D eigenvalue weighted by molar-refractivity contribution is 5.80. The Kier molecular flexibility index (Phi) is 5.30. The van der Waals surface area contributed by atoms with Crippen molar-refractivity contribution in [3.8, 4) is 17.2 Å². The number of hydrogen-bond donors (Lipinski definition) is 1. The molecule has 2 heterocycles. The zero-order valence-electron chi connectivity index (χ0n) is 16.7. The van der Waals surface area contributed by atoms with Gasteiger partial charge in [0.25, 0.3) is 5.56 Å². The summed E-state index contributed by atoms with van der Waals surface area (Å²) >= 11 is 0. The lowest BCUT2D eigenvalue weighted by atomic mass is 10.1. The smallest absolute Gasteiger partial charge is 0.266 e. The Labute approximate surface area is 173 Å². The minimum absolute atomic E-state index is 0.0443. The zero-order valence-corrected chi connectivity index (χ0v) is 16.7. The van der Waals surface area contributed by atoms with Crippen molar-refractivity contribution in [1.82, 2.24) is 14.5 Å². The largest absolute Gasteiger partial charge is 0.504 e. The number of rotatable bonds is 5. The quantitative estimate of drug-likeness (QED) is 0.539. The molecular weight excluding hydrogens is 378 g/mol. The van der Waals surface area contributed by atoms with Gasteiger partial charge < -0.3 is 9.84 Å². The summed E-state index contributed by atoms with van der Waals surface area (Å²) in [5.74, 6) is 0.894. The summed E-state index contributed by atoms with van der Waals surface area (Å²) in [4.78, 5) is 22.1. The SMILES string of the molecule is CCOc1cccc(C=Cc2nc3cnccc3c(=O)n2-c2ccccc2C)c1O. The minimum Gasteiger partial charge on any atom is -0.504 e. The Bertz CT molecular complexity index is 1310. The summed E-state index contributed by atoms with van der Waals surface area (Å²) < 4.78 is 7.03. The number of fused-ring (bicyclic) bond motifs is 1. The number of benzene rings is 2. The Morgan fingerprint density at radius 1 is 1.10 bits per heavy atom. The monoisotopic (exact) mass is 399 g/mol. The van der Waals surface area contributed by atoms with E-state index >= 15 is 0 Å². The van der Waals surface area contributed by atoms with Crippen LogP contribution in [-0.2, 0) is 0 Å². The number of para-hydroxylation sites is 2. The molecule has 0 amide bonds. The molecule has 0 aliphatic heterocycles. The molecule has 150 valence electrons. The summed E-state index contributed by atoms with van der Waals surface area (Å²) in [5.41, 5.74) is 2.60. The Balaban J connectivity index is 1.92. The van der Waals surface area contributed by atoms with Crippen LogP contribution in [-0.4, -0.2) is 26.2 Å². The molecule has 4 rings (SSSR count). The lowest BCUT2D eigenvalue weighted by Crippen LogP contribution is -2.23. The van der Waals surface area contributed by atoms with Crippen LogP contribution in [0.3, 0.4) is 0 Å². The lowest BCUT2D eigenvalue weighted by molar-refractivity contribution is 0.318. The van der Waals surface area contributed by atoms with E-state index in [0.717, 1.165) is 11.3 Å². The molecule has 0 unspecified atom stereocenters. The van der Waals surface area contributed by atoms with E-state index < -0.39 is 0 Å². The predicted octanol–water partition coefficient (Wildman–Crippen LogP) is 4.36. The maximum absolute atomic E-state index is 13.3. The molecule has 0 saturated carbocycles. The molecule has 30 heavy (non-hydrogen) atoms. The van der Waals surface area contributed by atoms with Crippen molar-refractivity contribution in [1.29, 1.82) is 0 Å². The van der Waals surface area contributed by atoms with E-state index in [-0.39, 0.29) is 11.3 Å². The van der Waals surface area contributed by atoms with E-state index in [9.17, 15) is 9.90 Å². The van der Waals surface area contributed by atoms with Crippen molar-refractivity contribution in [2.75, 3.05) is 6.61 Å². The van der Waals surface area contributed by atoms with Gasteiger partial charge in [-0.1, -0.05) is 30.3 Å². The van der Waals surface area contributed by atoms with Crippen LogP contribution in [0, 0.1) is 6.92 Å². The van der Waals surface area contributed by atoms with Crippen LogP contribution in [0.2, 0.25) is 0 Å². The van der Waals surface area contributed by atoms with Crippen LogP contribution in [0.25, 0.3) is 28.7 Å². The molecule has 0 fully saturated rings. The Morgan fingerprint density at radius 3 is 2.73 bits per heavy atom. The first kappa shape index (κ1) is 19.4. The van der Waals surface area contributed by atoms with E-state index in [2.05, 4.69) is 9.97 Å². The Hall–Kier alpha value is -3.93. The predicted molar refractivity (Wildman–Crippen MR) is 118 cm³/mol. The normalized spacial score (nSPS) is 11.3. The Morgan fingerprint density at radius 2 is 1.93 bits per heavy atom. The molecule has 0 radical (unpaired) electrons. The number of phenolic OH excluding ortho intramolecular Hbond substituents is 1. The van der Waals surface area contributed by atoms with Crippen LogP contribution in [0.1, 0.15) is 23.9 Å². The zero-order chi connectivity index (χ0) is 21.1. The van der Waals surface area contributed by atoms with Crippen LogP contribution in [0.5, 0.6) is 11.5 Å². The number of hydrogen-bond acceptors (Lipinski definition) is 5. The second kappa shape index (κ2) is 8.21. The second-order valence-electron chi connectivity index (χ2n) is 6.75. The average molecular weight is 399 g/mol. The number of aryl methyl sites for hydroxylation is 1. The van der Waals surface area contributed by atoms with Gasteiger partial charge in [-0.2, -0.15) is 0 Å². The molecule has 0 saturated heterocycles. The first-order chi connectivity index (χ1) is 14.6. The van der Waals surface area contributed by atoms with Gasteiger partial charge in [0.05, 0.1) is 29.4 Å².